The Hall–Kier alpha value is -1.94. The van der Waals surface area contributed by atoms with Gasteiger partial charge in [0.2, 0.25) is 5.95 Å². The van der Waals surface area contributed by atoms with E-state index in [1.807, 2.05) is 19.2 Å². The minimum atomic E-state index is 0.510. The van der Waals surface area contributed by atoms with E-state index in [9.17, 15) is 0 Å². The molecule has 2 aromatic rings. The first kappa shape index (κ1) is 14.6. The lowest BCUT2D eigenvalue weighted by Gasteiger charge is -2.28. The van der Waals surface area contributed by atoms with Crippen LogP contribution in [0.3, 0.4) is 0 Å². The molecular formula is C19H24N4. The van der Waals surface area contributed by atoms with Gasteiger partial charge in [0.25, 0.3) is 0 Å². The summed E-state index contributed by atoms with van der Waals surface area (Å²) in [5.41, 5.74) is 3.92. The normalized spacial score (nSPS) is 27.4. The number of hydrogen-bond donors (Lipinski definition) is 0. The molecule has 3 atom stereocenters. The maximum atomic E-state index is 4.62. The van der Waals surface area contributed by atoms with Gasteiger partial charge in [0.05, 0.1) is 0 Å². The third kappa shape index (κ3) is 2.51. The van der Waals surface area contributed by atoms with Crippen LogP contribution < -0.4 is 4.90 Å². The molecule has 0 unspecified atom stereocenters. The van der Waals surface area contributed by atoms with Crippen LogP contribution in [0.2, 0.25) is 0 Å². The Bertz CT molecular complexity index is 714. The number of fused-ring (bicyclic) bond motifs is 1. The molecule has 0 spiro atoms. The summed E-state index contributed by atoms with van der Waals surface area (Å²) in [6, 6.07) is 11.3. The fraction of sp³-hybridized carbons (Fsp3) is 0.474. The third-order valence-corrected chi connectivity index (χ3v) is 5.47. The van der Waals surface area contributed by atoms with Gasteiger partial charge in [-0.05, 0) is 44.0 Å². The van der Waals surface area contributed by atoms with E-state index in [0.717, 1.165) is 31.3 Å². The van der Waals surface area contributed by atoms with Crippen LogP contribution in [0.5, 0.6) is 0 Å². The standard InChI is InChI=1S/C19H24N4/c1-13-6-4-5-7-16(13)18-17-12-23(11-15(17)10-22(18)3)19-20-9-8-14(2)21-19/h4-9,15,17-18H,10-12H2,1-3H3/t15-,17+,18-/m0/s1. The number of aromatic nitrogens is 2. The van der Waals surface area contributed by atoms with Gasteiger partial charge in [-0.2, -0.15) is 0 Å². The van der Waals surface area contributed by atoms with Gasteiger partial charge < -0.3 is 4.90 Å². The molecule has 2 aliphatic rings. The lowest BCUT2D eigenvalue weighted by molar-refractivity contribution is 0.278. The van der Waals surface area contributed by atoms with Crippen molar-refractivity contribution in [3.8, 4) is 0 Å². The zero-order valence-electron chi connectivity index (χ0n) is 14.1. The van der Waals surface area contributed by atoms with Crippen molar-refractivity contribution in [1.82, 2.24) is 14.9 Å². The summed E-state index contributed by atoms with van der Waals surface area (Å²) in [4.78, 5) is 14.0. The Morgan fingerprint density at radius 1 is 1.04 bits per heavy atom. The molecule has 0 aliphatic carbocycles. The molecule has 0 saturated carbocycles. The average molecular weight is 308 g/mol. The van der Waals surface area contributed by atoms with Crippen molar-refractivity contribution >= 4 is 5.95 Å². The highest BCUT2D eigenvalue weighted by molar-refractivity contribution is 5.37. The number of hydrogen-bond acceptors (Lipinski definition) is 4. The molecule has 0 bridgehead atoms. The second-order valence-corrected chi connectivity index (χ2v) is 7.07. The molecule has 0 amide bonds. The lowest BCUT2D eigenvalue weighted by atomic mass is 9.88. The largest absolute Gasteiger partial charge is 0.340 e. The maximum absolute atomic E-state index is 4.62. The van der Waals surface area contributed by atoms with Gasteiger partial charge in [-0.1, -0.05) is 24.3 Å². The van der Waals surface area contributed by atoms with Gasteiger partial charge in [-0.15, -0.1) is 0 Å². The van der Waals surface area contributed by atoms with Gasteiger partial charge in [-0.3, -0.25) is 4.90 Å². The predicted molar refractivity (Wildman–Crippen MR) is 92.5 cm³/mol. The highest BCUT2D eigenvalue weighted by Crippen LogP contribution is 2.45. The number of likely N-dealkylation sites (tertiary alicyclic amines) is 1. The van der Waals surface area contributed by atoms with Gasteiger partial charge in [0, 0.05) is 43.5 Å². The van der Waals surface area contributed by atoms with E-state index >= 15 is 0 Å². The fourth-order valence-corrected chi connectivity index (χ4v) is 4.40. The lowest BCUT2D eigenvalue weighted by Crippen LogP contribution is -2.30. The summed E-state index contributed by atoms with van der Waals surface area (Å²) in [7, 11) is 2.27. The Morgan fingerprint density at radius 2 is 1.87 bits per heavy atom. The molecule has 3 heterocycles. The van der Waals surface area contributed by atoms with E-state index in [1.165, 1.54) is 11.1 Å². The van der Waals surface area contributed by atoms with Crippen LogP contribution in [0, 0.1) is 25.7 Å². The first-order chi connectivity index (χ1) is 11.1. The average Bonchev–Trinajstić information content (AvgIpc) is 3.05. The van der Waals surface area contributed by atoms with E-state index in [1.54, 1.807) is 0 Å². The molecule has 2 saturated heterocycles. The smallest absolute Gasteiger partial charge is 0.225 e. The summed E-state index contributed by atoms with van der Waals surface area (Å²) in [6.07, 6.45) is 1.87. The second kappa shape index (κ2) is 5.60. The van der Waals surface area contributed by atoms with Crippen LogP contribution >= 0.6 is 0 Å². The monoisotopic (exact) mass is 308 g/mol. The molecule has 120 valence electrons. The highest BCUT2D eigenvalue weighted by Gasteiger charge is 2.46. The number of nitrogens with zero attached hydrogens (tertiary/aromatic N) is 4. The molecule has 4 nitrogen and oxygen atoms in total. The van der Waals surface area contributed by atoms with E-state index in [-0.39, 0.29) is 0 Å². The molecule has 0 N–H and O–H groups in total. The van der Waals surface area contributed by atoms with Crippen LogP contribution in [-0.2, 0) is 0 Å². The molecule has 0 radical (unpaired) electrons. The van der Waals surface area contributed by atoms with Crippen LogP contribution in [0.4, 0.5) is 5.95 Å². The Labute approximate surface area is 138 Å². The molecule has 1 aromatic carbocycles. The fourth-order valence-electron chi connectivity index (χ4n) is 4.40. The molecule has 4 rings (SSSR count). The second-order valence-electron chi connectivity index (χ2n) is 7.07. The van der Waals surface area contributed by atoms with Crippen molar-refractivity contribution in [2.24, 2.45) is 11.8 Å². The summed E-state index contributed by atoms with van der Waals surface area (Å²) < 4.78 is 0. The van der Waals surface area contributed by atoms with Crippen molar-refractivity contribution in [2.45, 2.75) is 19.9 Å². The number of anilines is 1. The van der Waals surface area contributed by atoms with E-state index < -0.39 is 0 Å². The molecule has 4 heteroatoms. The first-order valence-corrected chi connectivity index (χ1v) is 8.44. The zero-order chi connectivity index (χ0) is 16.0. The van der Waals surface area contributed by atoms with Crippen molar-refractivity contribution in [3.05, 3.63) is 53.3 Å². The Morgan fingerprint density at radius 3 is 2.65 bits per heavy atom. The van der Waals surface area contributed by atoms with Crippen molar-refractivity contribution in [2.75, 3.05) is 31.6 Å². The predicted octanol–water partition coefficient (Wildman–Crippen LogP) is 2.83. The molecule has 23 heavy (non-hydrogen) atoms. The van der Waals surface area contributed by atoms with Crippen LogP contribution in [-0.4, -0.2) is 41.5 Å². The first-order valence-electron chi connectivity index (χ1n) is 8.44. The minimum absolute atomic E-state index is 0.510. The molecule has 2 fully saturated rings. The maximum Gasteiger partial charge on any atom is 0.225 e. The van der Waals surface area contributed by atoms with Gasteiger partial charge in [-0.25, -0.2) is 9.97 Å². The van der Waals surface area contributed by atoms with E-state index in [4.69, 9.17) is 0 Å². The van der Waals surface area contributed by atoms with Crippen LogP contribution in [0.25, 0.3) is 0 Å². The van der Waals surface area contributed by atoms with E-state index in [0.29, 0.717) is 17.9 Å². The highest BCUT2D eigenvalue weighted by atomic mass is 15.3. The Balaban J connectivity index is 1.62. The number of aryl methyl sites for hydroxylation is 2. The topological polar surface area (TPSA) is 32.3 Å². The zero-order valence-corrected chi connectivity index (χ0v) is 14.1. The third-order valence-electron chi connectivity index (χ3n) is 5.47. The quantitative estimate of drug-likeness (QED) is 0.854. The van der Waals surface area contributed by atoms with Gasteiger partial charge >= 0.3 is 0 Å². The van der Waals surface area contributed by atoms with Crippen molar-refractivity contribution < 1.29 is 0 Å². The van der Waals surface area contributed by atoms with Gasteiger partial charge in [0.1, 0.15) is 0 Å². The van der Waals surface area contributed by atoms with Gasteiger partial charge in [0.15, 0.2) is 0 Å². The van der Waals surface area contributed by atoms with Crippen LogP contribution in [0.1, 0.15) is 22.9 Å². The number of rotatable bonds is 2. The number of benzene rings is 1. The summed E-state index contributed by atoms with van der Waals surface area (Å²) in [5, 5.41) is 0. The van der Waals surface area contributed by atoms with Crippen molar-refractivity contribution in [3.63, 3.8) is 0 Å². The summed E-state index contributed by atoms with van der Waals surface area (Å²) in [6.45, 7) is 7.54. The summed E-state index contributed by atoms with van der Waals surface area (Å²) >= 11 is 0. The van der Waals surface area contributed by atoms with Crippen molar-refractivity contribution in [1.29, 1.82) is 0 Å². The SMILES string of the molecule is Cc1ccnc(N2C[C@@H]3CN(C)[C@@H](c4ccccc4C)[C@@H]3C2)n1. The Kier molecular flexibility index (Phi) is 3.57. The summed E-state index contributed by atoms with van der Waals surface area (Å²) in [5.74, 6) is 2.25. The molecule has 2 aliphatic heterocycles. The molecule has 1 aromatic heterocycles. The minimum Gasteiger partial charge on any atom is -0.340 e. The molecular weight excluding hydrogens is 284 g/mol. The van der Waals surface area contributed by atoms with E-state index in [2.05, 4.69) is 58.0 Å². The van der Waals surface area contributed by atoms with Crippen LogP contribution in [0.15, 0.2) is 36.5 Å².